The van der Waals surface area contributed by atoms with Gasteiger partial charge in [-0.2, -0.15) is 0 Å². The maximum atomic E-state index is 11.4. The fraction of sp³-hybridized carbons (Fsp3) is 0.600. The van der Waals surface area contributed by atoms with Crippen molar-refractivity contribution in [2.75, 3.05) is 11.5 Å². The molecule has 4 nitrogen and oxygen atoms in total. The number of hydrogen-bond acceptors (Lipinski definition) is 5. The van der Waals surface area contributed by atoms with Crippen molar-refractivity contribution in [2.24, 2.45) is 11.8 Å². The van der Waals surface area contributed by atoms with Gasteiger partial charge in [-0.15, -0.1) is 11.3 Å². The highest BCUT2D eigenvalue weighted by atomic mass is 35.5. The van der Waals surface area contributed by atoms with Crippen LogP contribution in [-0.4, -0.2) is 19.9 Å². The predicted molar refractivity (Wildman–Crippen MR) is 70.8 cm³/mol. The molecule has 0 amide bonds. The number of thiophene rings is 1. The van der Waals surface area contributed by atoms with Crippen molar-refractivity contribution in [1.82, 2.24) is 5.43 Å². The van der Waals surface area contributed by atoms with E-state index in [1.54, 1.807) is 0 Å². The Bertz CT molecular complexity index is 486. The van der Waals surface area contributed by atoms with Gasteiger partial charge in [-0.1, -0.05) is 11.6 Å². The summed E-state index contributed by atoms with van der Waals surface area (Å²) in [5.74, 6) is 6.31. The Morgan fingerprint density at radius 3 is 2.82 bits per heavy atom. The lowest BCUT2D eigenvalue weighted by Crippen LogP contribution is -2.29. The van der Waals surface area contributed by atoms with Crippen LogP contribution in [-0.2, 0) is 9.84 Å². The quantitative estimate of drug-likeness (QED) is 0.655. The van der Waals surface area contributed by atoms with E-state index in [1.807, 2.05) is 12.1 Å². The fourth-order valence-corrected chi connectivity index (χ4v) is 5.19. The van der Waals surface area contributed by atoms with Crippen LogP contribution in [0.2, 0.25) is 4.34 Å². The second-order valence-corrected chi connectivity index (χ2v) is 8.34. The molecular formula is C10H15ClN2O2S2. The molecule has 7 heteroatoms. The SMILES string of the molecule is NNC(CC1CCS(=O)(=O)C1)c1ccc(Cl)s1. The monoisotopic (exact) mass is 294 g/mol. The Balaban J connectivity index is 2.01. The van der Waals surface area contributed by atoms with Gasteiger partial charge >= 0.3 is 0 Å². The van der Waals surface area contributed by atoms with Crippen LogP contribution in [0, 0.1) is 5.92 Å². The van der Waals surface area contributed by atoms with Crippen molar-refractivity contribution in [1.29, 1.82) is 0 Å². The first-order valence-electron chi connectivity index (χ1n) is 5.42. The van der Waals surface area contributed by atoms with Crippen molar-refractivity contribution < 1.29 is 8.42 Å². The van der Waals surface area contributed by atoms with Gasteiger partial charge in [0.1, 0.15) is 0 Å². The van der Waals surface area contributed by atoms with Gasteiger partial charge in [-0.05, 0) is 30.9 Å². The number of sulfone groups is 1. The van der Waals surface area contributed by atoms with Crippen LogP contribution in [0.4, 0.5) is 0 Å². The van der Waals surface area contributed by atoms with Crippen LogP contribution in [0.15, 0.2) is 12.1 Å². The van der Waals surface area contributed by atoms with E-state index in [-0.39, 0.29) is 17.7 Å². The molecule has 2 atom stereocenters. The molecule has 1 saturated heterocycles. The van der Waals surface area contributed by atoms with Gasteiger partial charge in [0, 0.05) is 4.88 Å². The highest BCUT2D eigenvalue weighted by Crippen LogP contribution is 2.33. The standard InChI is InChI=1S/C10H15ClN2O2S2/c11-10-2-1-9(16-10)8(13-12)5-7-3-4-17(14,15)6-7/h1-2,7-8,13H,3-6,12H2. The molecule has 0 aromatic carbocycles. The van der Waals surface area contributed by atoms with Crippen LogP contribution >= 0.6 is 22.9 Å². The van der Waals surface area contributed by atoms with Gasteiger partial charge in [0.25, 0.3) is 0 Å². The molecule has 0 radical (unpaired) electrons. The topological polar surface area (TPSA) is 72.2 Å². The molecule has 1 aliphatic rings. The average molecular weight is 295 g/mol. The van der Waals surface area contributed by atoms with E-state index in [2.05, 4.69) is 5.43 Å². The van der Waals surface area contributed by atoms with Gasteiger partial charge < -0.3 is 0 Å². The van der Waals surface area contributed by atoms with E-state index in [0.29, 0.717) is 5.75 Å². The van der Waals surface area contributed by atoms with Gasteiger partial charge in [0.2, 0.25) is 0 Å². The third-order valence-corrected chi connectivity index (χ3v) is 6.22. The molecule has 2 heterocycles. The summed E-state index contributed by atoms with van der Waals surface area (Å²) in [5, 5.41) is 0. The van der Waals surface area contributed by atoms with Crippen LogP contribution < -0.4 is 11.3 Å². The lowest BCUT2D eigenvalue weighted by atomic mass is 9.99. The van der Waals surface area contributed by atoms with Crippen LogP contribution in [0.25, 0.3) is 0 Å². The molecule has 1 aliphatic heterocycles. The van der Waals surface area contributed by atoms with Crippen LogP contribution in [0.3, 0.4) is 0 Å². The van der Waals surface area contributed by atoms with E-state index >= 15 is 0 Å². The summed E-state index contributed by atoms with van der Waals surface area (Å²) in [5.41, 5.74) is 2.74. The van der Waals surface area contributed by atoms with Gasteiger partial charge in [0.05, 0.1) is 21.9 Å². The Kier molecular flexibility index (Phi) is 4.10. The van der Waals surface area contributed by atoms with E-state index in [0.717, 1.165) is 22.1 Å². The van der Waals surface area contributed by atoms with Gasteiger partial charge in [-0.3, -0.25) is 11.3 Å². The highest BCUT2D eigenvalue weighted by molar-refractivity contribution is 7.91. The first-order valence-corrected chi connectivity index (χ1v) is 8.43. The van der Waals surface area contributed by atoms with Crippen molar-refractivity contribution in [2.45, 2.75) is 18.9 Å². The summed E-state index contributed by atoms with van der Waals surface area (Å²) >= 11 is 7.35. The van der Waals surface area contributed by atoms with E-state index < -0.39 is 9.84 Å². The predicted octanol–water partition coefficient (Wildman–Crippen LogP) is 1.73. The Labute approximate surface area is 110 Å². The fourth-order valence-electron chi connectivity index (χ4n) is 2.17. The zero-order valence-electron chi connectivity index (χ0n) is 9.23. The highest BCUT2D eigenvalue weighted by Gasteiger charge is 2.30. The molecule has 96 valence electrons. The summed E-state index contributed by atoms with van der Waals surface area (Å²) in [6, 6.07) is 3.75. The van der Waals surface area contributed by atoms with Crippen molar-refractivity contribution in [3.05, 3.63) is 21.3 Å². The Hall–Kier alpha value is -0.140. The van der Waals surface area contributed by atoms with E-state index in [9.17, 15) is 8.42 Å². The average Bonchev–Trinajstić information content (AvgIpc) is 2.81. The molecule has 1 aromatic rings. The number of hydrazine groups is 1. The molecule has 2 rings (SSSR count). The zero-order valence-corrected chi connectivity index (χ0v) is 11.6. The largest absolute Gasteiger partial charge is 0.271 e. The summed E-state index contributed by atoms with van der Waals surface area (Å²) in [7, 11) is -2.82. The number of rotatable bonds is 4. The van der Waals surface area contributed by atoms with Crippen molar-refractivity contribution in [3.8, 4) is 0 Å². The lowest BCUT2D eigenvalue weighted by molar-refractivity contribution is 0.426. The summed E-state index contributed by atoms with van der Waals surface area (Å²) in [4.78, 5) is 1.06. The first-order chi connectivity index (χ1) is 8.00. The van der Waals surface area contributed by atoms with Gasteiger partial charge in [0.15, 0.2) is 9.84 Å². The van der Waals surface area contributed by atoms with E-state index in [4.69, 9.17) is 17.4 Å². The van der Waals surface area contributed by atoms with Crippen molar-refractivity contribution >= 4 is 32.8 Å². The first kappa shape index (κ1) is 13.3. The molecule has 17 heavy (non-hydrogen) atoms. The third kappa shape index (κ3) is 3.42. The smallest absolute Gasteiger partial charge is 0.150 e. The van der Waals surface area contributed by atoms with Crippen LogP contribution in [0.1, 0.15) is 23.8 Å². The van der Waals surface area contributed by atoms with Crippen LogP contribution in [0.5, 0.6) is 0 Å². The number of hydrogen-bond donors (Lipinski definition) is 2. The second kappa shape index (κ2) is 5.24. The molecule has 1 aromatic heterocycles. The molecule has 0 spiro atoms. The zero-order chi connectivity index (χ0) is 12.5. The molecule has 0 saturated carbocycles. The summed E-state index contributed by atoms with van der Waals surface area (Å²) in [6.45, 7) is 0. The molecule has 0 aliphatic carbocycles. The maximum absolute atomic E-state index is 11.4. The second-order valence-electron chi connectivity index (χ2n) is 4.37. The van der Waals surface area contributed by atoms with Crippen molar-refractivity contribution in [3.63, 3.8) is 0 Å². The number of nitrogens with one attached hydrogen (secondary N) is 1. The minimum absolute atomic E-state index is 0.00852. The van der Waals surface area contributed by atoms with Gasteiger partial charge in [-0.25, -0.2) is 8.42 Å². The Morgan fingerprint density at radius 2 is 2.35 bits per heavy atom. The summed E-state index contributed by atoms with van der Waals surface area (Å²) in [6.07, 6.45) is 1.48. The normalized spacial score (nSPS) is 24.9. The van der Waals surface area contributed by atoms with E-state index in [1.165, 1.54) is 11.3 Å². The molecular weight excluding hydrogens is 280 g/mol. The minimum Gasteiger partial charge on any atom is -0.271 e. The Morgan fingerprint density at radius 1 is 1.59 bits per heavy atom. The lowest BCUT2D eigenvalue weighted by Gasteiger charge is -2.17. The minimum atomic E-state index is -2.82. The third-order valence-electron chi connectivity index (χ3n) is 3.03. The molecule has 3 N–H and O–H groups in total. The number of nitrogens with two attached hydrogens (primary N) is 1. The maximum Gasteiger partial charge on any atom is 0.150 e. The number of halogens is 1. The molecule has 1 fully saturated rings. The molecule has 2 unspecified atom stereocenters. The summed E-state index contributed by atoms with van der Waals surface area (Å²) < 4.78 is 23.5. The molecule has 0 bridgehead atoms.